The maximum absolute atomic E-state index is 9.22. The third-order valence-corrected chi connectivity index (χ3v) is 4.04. The molecule has 0 saturated carbocycles. The van der Waals surface area contributed by atoms with Crippen molar-refractivity contribution < 1.29 is 5.11 Å². The van der Waals surface area contributed by atoms with Crippen LogP contribution in [0.15, 0.2) is 30.3 Å². The van der Waals surface area contributed by atoms with Crippen LogP contribution in [0.2, 0.25) is 0 Å². The van der Waals surface area contributed by atoms with Crippen molar-refractivity contribution in [2.75, 3.05) is 25.1 Å². The van der Waals surface area contributed by atoms with Gasteiger partial charge in [-0.15, -0.1) is 0 Å². The topological polar surface area (TPSA) is 53.7 Å². The fourth-order valence-corrected chi connectivity index (χ4v) is 2.82. The summed E-state index contributed by atoms with van der Waals surface area (Å²) in [5, 5.41) is 13.9. The van der Waals surface area contributed by atoms with Crippen LogP contribution in [0, 0.1) is 20.8 Å². The fraction of sp³-hybridized carbons (Fsp3) is 0.333. The molecule has 0 unspecified atom stereocenters. The molecule has 0 fully saturated rings. The third-order valence-electron chi connectivity index (χ3n) is 4.04. The highest BCUT2D eigenvalue weighted by atomic mass is 16.3. The molecular formula is C18H22N4O. The first-order valence-electron chi connectivity index (χ1n) is 7.77. The lowest BCUT2D eigenvalue weighted by Gasteiger charge is -2.19. The molecule has 0 atom stereocenters. The number of aryl methyl sites for hydroxylation is 3. The highest BCUT2D eigenvalue weighted by molar-refractivity contribution is 5.81. The van der Waals surface area contributed by atoms with E-state index in [1.807, 2.05) is 36.4 Å². The van der Waals surface area contributed by atoms with E-state index in [9.17, 15) is 5.11 Å². The van der Waals surface area contributed by atoms with E-state index >= 15 is 0 Å². The molecule has 3 aromatic rings. The third kappa shape index (κ3) is 2.80. The summed E-state index contributed by atoms with van der Waals surface area (Å²) >= 11 is 0. The Kier molecular flexibility index (Phi) is 4.05. The molecule has 1 N–H and O–H groups in total. The Morgan fingerprint density at radius 1 is 1.13 bits per heavy atom. The van der Waals surface area contributed by atoms with Crippen molar-refractivity contribution in [3.63, 3.8) is 0 Å². The van der Waals surface area contributed by atoms with Gasteiger partial charge in [-0.1, -0.05) is 29.8 Å². The molecule has 3 rings (SSSR count). The maximum Gasteiger partial charge on any atom is 0.165 e. The zero-order valence-corrected chi connectivity index (χ0v) is 14.0. The van der Waals surface area contributed by atoms with E-state index in [1.54, 1.807) is 0 Å². The zero-order chi connectivity index (χ0) is 16.6. The van der Waals surface area contributed by atoms with Gasteiger partial charge in [0, 0.05) is 30.9 Å². The molecule has 0 bridgehead atoms. The van der Waals surface area contributed by atoms with Crippen LogP contribution in [0.5, 0.6) is 0 Å². The Bertz CT molecular complexity index is 836. The lowest BCUT2D eigenvalue weighted by Crippen LogP contribution is -2.24. The number of aliphatic hydroxyl groups excluding tert-OH is 1. The first-order valence-corrected chi connectivity index (χ1v) is 7.77. The van der Waals surface area contributed by atoms with Crippen LogP contribution < -0.4 is 4.90 Å². The van der Waals surface area contributed by atoms with Gasteiger partial charge < -0.3 is 10.0 Å². The van der Waals surface area contributed by atoms with E-state index in [-0.39, 0.29) is 6.61 Å². The second-order valence-electron chi connectivity index (χ2n) is 5.96. The van der Waals surface area contributed by atoms with E-state index in [1.165, 1.54) is 5.56 Å². The van der Waals surface area contributed by atoms with Gasteiger partial charge in [0.05, 0.1) is 12.3 Å². The summed E-state index contributed by atoms with van der Waals surface area (Å²) in [5.74, 6) is 0.933. The quantitative estimate of drug-likeness (QED) is 0.805. The molecule has 0 saturated heterocycles. The number of hydrogen-bond acceptors (Lipinski definition) is 4. The molecule has 0 aliphatic rings. The number of hydrogen-bond donors (Lipinski definition) is 1. The minimum atomic E-state index is 0.102. The summed E-state index contributed by atoms with van der Waals surface area (Å²) in [6, 6.07) is 10.4. The van der Waals surface area contributed by atoms with Gasteiger partial charge in [-0.3, -0.25) is 0 Å². The average Bonchev–Trinajstić information content (AvgIpc) is 2.83. The normalized spacial score (nSPS) is 11.2. The summed E-state index contributed by atoms with van der Waals surface area (Å²) in [5.41, 5.74) is 6.15. The van der Waals surface area contributed by atoms with E-state index in [0.717, 1.165) is 34.0 Å². The van der Waals surface area contributed by atoms with Crippen molar-refractivity contribution in [3.05, 3.63) is 47.3 Å². The van der Waals surface area contributed by atoms with Crippen LogP contribution >= 0.6 is 0 Å². The molecule has 5 heteroatoms. The molecule has 2 heterocycles. The summed E-state index contributed by atoms with van der Waals surface area (Å²) in [4.78, 5) is 6.70. The van der Waals surface area contributed by atoms with Gasteiger partial charge in [-0.2, -0.15) is 9.61 Å². The van der Waals surface area contributed by atoms with Crippen LogP contribution in [0.25, 0.3) is 16.8 Å². The summed E-state index contributed by atoms with van der Waals surface area (Å²) < 4.78 is 1.87. The highest BCUT2D eigenvalue weighted by Gasteiger charge is 2.17. The minimum absolute atomic E-state index is 0.102. The SMILES string of the molecule is Cc1ccc(-c2c(C)nn3c(N(C)CCO)cc(C)nc23)cc1. The number of likely N-dealkylation sites (N-methyl/N-ethyl adjacent to an activating group) is 1. The van der Waals surface area contributed by atoms with E-state index in [2.05, 4.69) is 36.3 Å². The van der Waals surface area contributed by atoms with Gasteiger partial charge >= 0.3 is 0 Å². The second-order valence-corrected chi connectivity index (χ2v) is 5.96. The molecule has 5 nitrogen and oxygen atoms in total. The van der Waals surface area contributed by atoms with Crippen LogP contribution in [0.3, 0.4) is 0 Å². The van der Waals surface area contributed by atoms with Crippen LogP contribution in [-0.4, -0.2) is 39.9 Å². The van der Waals surface area contributed by atoms with Crippen LogP contribution in [0.4, 0.5) is 5.82 Å². The smallest absolute Gasteiger partial charge is 0.165 e. The van der Waals surface area contributed by atoms with Gasteiger partial charge in [0.1, 0.15) is 5.82 Å². The Morgan fingerprint density at radius 2 is 1.83 bits per heavy atom. The second kappa shape index (κ2) is 6.01. The van der Waals surface area contributed by atoms with E-state index in [4.69, 9.17) is 4.98 Å². The number of fused-ring (bicyclic) bond motifs is 1. The molecule has 120 valence electrons. The van der Waals surface area contributed by atoms with Gasteiger partial charge in [0.15, 0.2) is 5.65 Å². The summed E-state index contributed by atoms with van der Waals surface area (Å²) in [6.45, 7) is 6.73. The first-order chi connectivity index (χ1) is 11.0. The molecule has 0 spiro atoms. The van der Waals surface area contributed by atoms with Crippen molar-refractivity contribution in [2.45, 2.75) is 20.8 Å². The Morgan fingerprint density at radius 3 is 2.48 bits per heavy atom. The Balaban J connectivity index is 2.24. The minimum Gasteiger partial charge on any atom is -0.395 e. The molecule has 0 aliphatic heterocycles. The molecule has 1 aromatic carbocycles. The molecule has 2 aromatic heterocycles. The summed E-state index contributed by atoms with van der Waals surface area (Å²) in [7, 11) is 1.95. The molecule has 0 aliphatic carbocycles. The lowest BCUT2D eigenvalue weighted by molar-refractivity contribution is 0.303. The molecular weight excluding hydrogens is 288 g/mol. The number of nitrogens with zero attached hydrogens (tertiary/aromatic N) is 4. The molecule has 23 heavy (non-hydrogen) atoms. The van der Waals surface area contributed by atoms with Gasteiger partial charge in [-0.25, -0.2) is 4.98 Å². The predicted octanol–water partition coefficient (Wildman–Crippen LogP) is 2.75. The van der Waals surface area contributed by atoms with Crippen molar-refractivity contribution in [2.24, 2.45) is 0 Å². The monoisotopic (exact) mass is 310 g/mol. The average molecular weight is 310 g/mol. The predicted molar refractivity (Wildman–Crippen MR) is 93.0 cm³/mol. The molecule has 0 radical (unpaired) electrons. The number of aliphatic hydroxyl groups is 1. The van der Waals surface area contributed by atoms with Crippen molar-refractivity contribution in [3.8, 4) is 11.1 Å². The van der Waals surface area contributed by atoms with E-state index < -0.39 is 0 Å². The molecule has 0 amide bonds. The van der Waals surface area contributed by atoms with Gasteiger partial charge in [0.25, 0.3) is 0 Å². The van der Waals surface area contributed by atoms with Crippen molar-refractivity contribution in [1.82, 2.24) is 14.6 Å². The van der Waals surface area contributed by atoms with Gasteiger partial charge in [-0.05, 0) is 26.3 Å². The summed E-state index contributed by atoms with van der Waals surface area (Å²) in [6.07, 6.45) is 0. The maximum atomic E-state index is 9.22. The first kappa shape index (κ1) is 15.5. The van der Waals surface area contributed by atoms with Gasteiger partial charge in [0.2, 0.25) is 0 Å². The number of aromatic nitrogens is 3. The van der Waals surface area contributed by atoms with Crippen molar-refractivity contribution >= 4 is 11.5 Å². The lowest BCUT2D eigenvalue weighted by atomic mass is 10.0. The Labute approximate surface area is 136 Å². The van der Waals surface area contributed by atoms with Crippen LogP contribution in [-0.2, 0) is 0 Å². The van der Waals surface area contributed by atoms with Crippen LogP contribution in [0.1, 0.15) is 17.0 Å². The number of rotatable bonds is 4. The number of benzene rings is 1. The van der Waals surface area contributed by atoms with Crippen molar-refractivity contribution in [1.29, 1.82) is 0 Å². The fourth-order valence-electron chi connectivity index (χ4n) is 2.82. The Hall–Kier alpha value is -2.40. The van der Waals surface area contributed by atoms with E-state index in [0.29, 0.717) is 6.54 Å². The largest absolute Gasteiger partial charge is 0.395 e. The standard InChI is InChI=1S/C18H22N4O/c1-12-5-7-15(8-6-12)17-14(3)20-22-16(21(4)9-10-23)11-13(2)19-18(17)22/h5-8,11,23H,9-10H2,1-4H3. The highest BCUT2D eigenvalue weighted by Crippen LogP contribution is 2.30. The number of anilines is 1. The zero-order valence-electron chi connectivity index (χ0n) is 14.0.